The number of fused-ring (bicyclic) bond motifs is 1. The second kappa shape index (κ2) is 5.07. The predicted octanol–water partition coefficient (Wildman–Crippen LogP) is 4.39. The van der Waals surface area contributed by atoms with E-state index < -0.39 is 5.82 Å². The molecule has 0 aliphatic rings. The van der Waals surface area contributed by atoms with Gasteiger partial charge in [0.15, 0.2) is 0 Å². The highest BCUT2D eigenvalue weighted by atomic mass is 19.1. The first kappa shape index (κ1) is 12.8. The number of halogens is 1. The third kappa shape index (κ3) is 2.12. The van der Waals surface area contributed by atoms with E-state index in [-0.39, 0.29) is 16.7 Å². The van der Waals surface area contributed by atoms with Gasteiger partial charge in [0, 0.05) is 5.56 Å². The van der Waals surface area contributed by atoms with Crippen LogP contribution >= 0.6 is 0 Å². The third-order valence-corrected chi connectivity index (χ3v) is 3.40. The Morgan fingerprint density at radius 3 is 2.33 bits per heavy atom. The van der Waals surface area contributed by atoms with Gasteiger partial charge in [0.05, 0.1) is 17.2 Å². The Kier molecular flexibility index (Phi) is 3.10. The van der Waals surface area contributed by atoms with Crippen molar-refractivity contribution in [1.82, 2.24) is 0 Å². The highest BCUT2D eigenvalue weighted by molar-refractivity contribution is 5.97. The molecule has 3 aromatic carbocycles. The van der Waals surface area contributed by atoms with E-state index in [2.05, 4.69) is 0 Å². The fourth-order valence-corrected chi connectivity index (χ4v) is 2.43. The van der Waals surface area contributed by atoms with Gasteiger partial charge in [-0.2, -0.15) is 10.5 Å². The highest BCUT2D eigenvalue weighted by Crippen LogP contribution is 2.32. The summed E-state index contributed by atoms with van der Waals surface area (Å²) in [6.07, 6.45) is 0. The molecule has 0 saturated heterocycles. The van der Waals surface area contributed by atoms with Crippen molar-refractivity contribution < 1.29 is 4.39 Å². The monoisotopic (exact) mass is 272 g/mol. The standard InChI is InChI=1S/C18H9FN2/c19-18-14(11-21)8-12(10-20)9-17(18)16-7-3-5-13-4-1-2-6-15(13)16/h1-9H. The van der Waals surface area contributed by atoms with E-state index >= 15 is 0 Å². The normalized spacial score (nSPS) is 10.0. The van der Waals surface area contributed by atoms with Crippen molar-refractivity contribution in [3.05, 3.63) is 71.5 Å². The van der Waals surface area contributed by atoms with Crippen molar-refractivity contribution in [2.45, 2.75) is 0 Å². The Labute approximate surface area is 121 Å². The summed E-state index contributed by atoms with van der Waals surface area (Å²) in [5.41, 5.74) is 1.12. The smallest absolute Gasteiger partial charge is 0.148 e. The van der Waals surface area contributed by atoms with Gasteiger partial charge in [-0.25, -0.2) is 4.39 Å². The molecule has 21 heavy (non-hydrogen) atoms. The molecule has 98 valence electrons. The molecular weight excluding hydrogens is 263 g/mol. The highest BCUT2D eigenvalue weighted by Gasteiger charge is 2.14. The molecule has 0 atom stereocenters. The minimum absolute atomic E-state index is 0.114. The van der Waals surface area contributed by atoms with Gasteiger partial charge in [-0.1, -0.05) is 42.5 Å². The van der Waals surface area contributed by atoms with Crippen molar-refractivity contribution >= 4 is 10.8 Å². The first-order chi connectivity index (χ1) is 10.2. The fraction of sp³-hybridized carbons (Fsp3) is 0. The average Bonchev–Trinajstić information content (AvgIpc) is 2.54. The topological polar surface area (TPSA) is 47.6 Å². The van der Waals surface area contributed by atoms with Gasteiger partial charge in [0.2, 0.25) is 0 Å². The molecule has 3 aromatic rings. The molecule has 0 bridgehead atoms. The molecule has 0 aliphatic heterocycles. The van der Waals surface area contributed by atoms with E-state index in [0.717, 1.165) is 10.8 Å². The lowest BCUT2D eigenvalue weighted by atomic mass is 9.95. The van der Waals surface area contributed by atoms with E-state index in [1.165, 1.54) is 12.1 Å². The van der Waals surface area contributed by atoms with Crippen molar-refractivity contribution in [3.63, 3.8) is 0 Å². The number of hydrogen-bond donors (Lipinski definition) is 0. The molecule has 3 heteroatoms. The van der Waals surface area contributed by atoms with Crippen molar-refractivity contribution in [2.24, 2.45) is 0 Å². The van der Waals surface area contributed by atoms with Crippen LogP contribution in [0.3, 0.4) is 0 Å². The Morgan fingerprint density at radius 2 is 1.57 bits per heavy atom. The van der Waals surface area contributed by atoms with Gasteiger partial charge in [-0.15, -0.1) is 0 Å². The van der Waals surface area contributed by atoms with Crippen molar-refractivity contribution in [1.29, 1.82) is 10.5 Å². The maximum atomic E-state index is 14.5. The van der Waals surface area contributed by atoms with Crippen molar-refractivity contribution in [3.8, 4) is 23.3 Å². The number of benzene rings is 3. The number of nitriles is 2. The lowest BCUT2D eigenvalue weighted by Gasteiger charge is -2.09. The quantitative estimate of drug-likeness (QED) is 0.659. The Morgan fingerprint density at radius 1 is 0.810 bits per heavy atom. The molecule has 0 aliphatic carbocycles. The average molecular weight is 272 g/mol. The summed E-state index contributed by atoms with van der Waals surface area (Å²) >= 11 is 0. The van der Waals surface area contributed by atoms with Crippen LogP contribution in [0.5, 0.6) is 0 Å². The van der Waals surface area contributed by atoms with Crippen LogP contribution < -0.4 is 0 Å². The molecule has 0 radical (unpaired) electrons. The Hall–Kier alpha value is -3.17. The summed E-state index contributed by atoms with van der Waals surface area (Å²) in [5, 5.41) is 19.9. The van der Waals surface area contributed by atoms with Crippen LogP contribution in [0.2, 0.25) is 0 Å². The van der Waals surface area contributed by atoms with E-state index in [0.29, 0.717) is 5.56 Å². The first-order valence-electron chi connectivity index (χ1n) is 6.36. The number of hydrogen-bond acceptors (Lipinski definition) is 2. The minimum atomic E-state index is -0.590. The van der Waals surface area contributed by atoms with Crippen LogP contribution in [0.15, 0.2) is 54.6 Å². The van der Waals surface area contributed by atoms with E-state index in [1.807, 2.05) is 42.5 Å². The fourth-order valence-electron chi connectivity index (χ4n) is 2.43. The third-order valence-electron chi connectivity index (χ3n) is 3.40. The largest absolute Gasteiger partial charge is 0.205 e. The lowest BCUT2D eigenvalue weighted by Crippen LogP contribution is -1.93. The predicted molar refractivity (Wildman–Crippen MR) is 78.8 cm³/mol. The van der Waals surface area contributed by atoms with Crippen LogP contribution in [0.25, 0.3) is 21.9 Å². The molecule has 0 saturated carbocycles. The maximum absolute atomic E-state index is 14.5. The Bertz CT molecular complexity index is 925. The van der Waals surface area contributed by atoms with Gasteiger partial charge in [0.1, 0.15) is 11.9 Å². The zero-order valence-electron chi connectivity index (χ0n) is 11.0. The summed E-state index contributed by atoms with van der Waals surface area (Å²) in [6.45, 7) is 0. The molecule has 0 spiro atoms. The molecular formula is C18H9FN2. The number of nitrogens with zero attached hydrogens (tertiary/aromatic N) is 2. The van der Waals surface area contributed by atoms with E-state index in [1.54, 1.807) is 12.1 Å². The second-order valence-corrected chi connectivity index (χ2v) is 4.64. The van der Waals surface area contributed by atoms with Crippen LogP contribution in [0, 0.1) is 28.5 Å². The summed E-state index contributed by atoms with van der Waals surface area (Å²) in [7, 11) is 0. The van der Waals surface area contributed by atoms with Crippen molar-refractivity contribution in [2.75, 3.05) is 0 Å². The van der Waals surface area contributed by atoms with Crippen LogP contribution in [-0.4, -0.2) is 0 Å². The second-order valence-electron chi connectivity index (χ2n) is 4.64. The summed E-state index contributed by atoms with van der Waals surface area (Å²) < 4.78 is 14.5. The van der Waals surface area contributed by atoms with E-state index in [4.69, 9.17) is 10.5 Å². The zero-order chi connectivity index (χ0) is 14.8. The van der Waals surface area contributed by atoms with Gasteiger partial charge in [-0.05, 0) is 28.5 Å². The molecule has 0 unspecified atom stereocenters. The summed E-state index contributed by atoms with van der Waals surface area (Å²) in [4.78, 5) is 0. The van der Waals surface area contributed by atoms with Crippen LogP contribution in [0.1, 0.15) is 11.1 Å². The molecule has 0 heterocycles. The zero-order valence-corrected chi connectivity index (χ0v) is 11.0. The van der Waals surface area contributed by atoms with Gasteiger partial charge < -0.3 is 0 Å². The molecule has 0 aromatic heterocycles. The summed E-state index contributed by atoms with van der Waals surface area (Å²) in [5.74, 6) is -0.590. The van der Waals surface area contributed by atoms with Gasteiger partial charge in [-0.3, -0.25) is 0 Å². The molecule has 2 nitrogen and oxygen atoms in total. The van der Waals surface area contributed by atoms with Crippen LogP contribution in [-0.2, 0) is 0 Å². The molecule has 0 N–H and O–H groups in total. The van der Waals surface area contributed by atoms with Crippen LogP contribution in [0.4, 0.5) is 4.39 Å². The molecule has 0 fully saturated rings. The van der Waals surface area contributed by atoms with Gasteiger partial charge >= 0.3 is 0 Å². The first-order valence-corrected chi connectivity index (χ1v) is 6.36. The molecule has 0 amide bonds. The summed E-state index contributed by atoms with van der Waals surface area (Å²) in [6, 6.07) is 19.7. The van der Waals surface area contributed by atoms with E-state index in [9.17, 15) is 4.39 Å². The molecule has 3 rings (SSSR count). The maximum Gasteiger partial charge on any atom is 0.148 e. The Balaban J connectivity index is 2.39. The SMILES string of the molecule is N#Cc1cc(C#N)c(F)c(-c2cccc3ccccc23)c1. The lowest BCUT2D eigenvalue weighted by molar-refractivity contribution is 0.627. The van der Waals surface area contributed by atoms with Gasteiger partial charge in [0.25, 0.3) is 0 Å². The minimum Gasteiger partial charge on any atom is -0.205 e. The number of rotatable bonds is 1.